The van der Waals surface area contributed by atoms with Gasteiger partial charge >= 0.3 is 0 Å². The van der Waals surface area contributed by atoms with Crippen LogP contribution in [0.4, 0.5) is 5.82 Å². The van der Waals surface area contributed by atoms with Crippen molar-refractivity contribution in [3.05, 3.63) is 71.3 Å². The van der Waals surface area contributed by atoms with Gasteiger partial charge in [0.2, 0.25) is 0 Å². The number of nitrogens with one attached hydrogen (secondary N) is 1. The lowest BCUT2D eigenvalue weighted by Gasteiger charge is -2.12. The molecule has 0 bridgehead atoms. The van der Waals surface area contributed by atoms with Crippen LogP contribution in [-0.2, 0) is 12.8 Å². The molecule has 5 heteroatoms. The van der Waals surface area contributed by atoms with Gasteiger partial charge in [-0.3, -0.25) is 0 Å². The monoisotopic (exact) mass is 343 g/mol. The molecular formula is C21H21N5. The number of rotatable bonds is 4. The number of aromatic nitrogens is 4. The number of hydrogen-bond donors (Lipinski definition) is 2. The van der Waals surface area contributed by atoms with Gasteiger partial charge in [-0.2, -0.15) is 0 Å². The van der Waals surface area contributed by atoms with E-state index in [1.54, 1.807) is 6.33 Å². The maximum atomic E-state index is 5.89. The Morgan fingerprint density at radius 3 is 2.65 bits per heavy atom. The first kappa shape index (κ1) is 16.3. The molecule has 0 unspecified atom stereocenters. The van der Waals surface area contributed by atoms with Crippen molar-refractivity contribution < 1.29 is 0 Å². The largest absolute Gasteiger partial charge is 0.384 e. The van der Waals surface area contributed by atoms with Crippen LogP contribution in [0.1, 0.15) is 22.4 Å². The molecule has 4 aromatic rings. The zero-order valence-corrected chi connectivity index (χ0v) is 15.0. The molecule has 4 rings (SSSR count). The summed E-state index contributed by atoms with van der Waals surface area (Å²) in [4.78, 5) is 16.3. The average molecular weight is 343 g/mol. The smallest absolute Gasteiger partial charge is 0.157 e. The number of pyridine rings is 2. The second-order valence-corrected chi connectivity index (χ2v) is 6.68. The number of imidazole rings is 1. The first-order valence-corrected chi connectivity index (χ1v) is 8.71. The maximum absolute atomic E-state index is 5.89. The van der Waals surface area contributed by atoms with Crippen LogP contribution in [0.3, 0.4) is 0 Å². The van der Waals surface area contributed by atoms with Crippen LogP contribution in [0.15, 0.2) is 48.9 Å². The topological polar surface area (TPSA) is 80.5 Å². The fourth-order valence-corrected chi connectivity index (χ4v) is 3.42. The summed E-state index contributed by atoms with van der Waals surface area (Å²) in [5.74, 6) is 0.580. The fraction of sp³-hybridized carbons (Fsp3) is 0.190. The minimum absolute atomic E-state index is 0.580. The van der Waals surface area contributed by atoms with E-state index in [2.05, 4.69) is 51.1 Å². The molecule has 3 heterocycles. The van der Waals surface area contributed by atoms with Crippen molar-refractivity contribution in [2.75, 3.05) is 5.73 Å². The molecule has 0 amide bonds. The predicted molar refractivity (Wildman–Crippen MR) is 105 cm³/mol. The summed E-state index contributed by atoms with van der Waals surface area (Å²) in [5.41, 5.74) is 14.6. The predicted octanol–water partition coefficient (Wildman–Crippen LogP) is 4.00. The first-order chi connectivity index (χ1) is 12.6. The van der Waals surface area contributed by atoms with Gasteiger partial charge in [0.1, 0.15) is 11.3 Å². The van der Waals surface area contributed by atoms with Gasteiger partial charge in [0, 0.05) is 17.5 Å². The second-order valence-electron chi connectivity index (χ2n) is 6.68. The normalized spacial score (nSPS) is 11.2. The first-order valence-electron chi connectivity index (χ1n) is 8.71. The van der Waals surface area contributed by atoms with Gasteiger partial charge in [0.05, 0.1) is 6.33 Å². The van der Waals surface area contributed by atoms with Gasteiger partial charge in [-0.25, -0.2) is 15.0 Å². The molecule has 3 N–H and O–H groups in total. The van der Waals surface area contributed by atoms with E-state index in [1.165, 1.54) is 16.7 Å². The molecule has 0 fully saturated rings. The molecule has 0 aliphatic rings. The molecule has 0 atom stereocenters. The summed E-state index contributed by atoms with van der Waals surface area (Å²) in [6, 6.07) is 12.6. The molecular weight excluding hydrogens is 322 g/mol. The third-order valence-corrected chi connectivity index (χ3v) is 4.56. The van der Waals surface area contributed by atoms with Crippen molar-refractivity contribution in [3.8, 4) is 11.1 Å². The minimum atomic E-state index is 0.580. The third kappa shape index (κ3) is 3.16. The van der Waals surface area contributed by atoms with Crippen molar-refractivity contribution in [1.29, 1.82) is 0 Å². The maximum Gasteiger partial charge on any atom is 0.157 e. The Labute approximate surface area is 152 Å². The molecule has 3 aromatic heterocycles. The summed E-state index contributed by atoms with van der Waals surface area (Å²) in [6.45, 7) is 4.16. The lowest BCUT2D eigenvalue weighted by atomic mass is 9.94. The summed E-state index contributed by atoms with van der Waals surface area (Å²) in [5, 5.41) is 0. The van der Waals surface area contributed by atoms with Crippen LogP contribution in [0.2, 0.25) is 0 Å². The number of nitrogen functional groups attached to an aromatic ring is 1. The lowest BCUT2D eigenvalue weighted by molar-refractivity contribution is 0.913. The lowest BCUT2D eigenvalue weighted by Crippen LogP contribution is -2.01. The molecule has 0 saturated heterocycles. The number of aromatic amines is 1. The molecule has 0 spiro atoms. The van der Waals surface area contributed by atoms with Gasteiger partial charge in [-0.05, 0) is 61.6 Å². The van der Waals surface area contributed by atoms with Crippen LogP contribution >= 0.6 is 0 Å². The van der Waals surface area contributed by atoms with Gasteiger partial charge in [0.25, 0.3) is 0 Å². The zero-order valence-electron chi connectivity index (χ0n) is 15.0. The Morgan fingerprint density at radius 2 is 1.81 bits per heavy atom. The highest BCUT2D eigenvalue weighted by Crippen LogP contribution is 2.30. The third-order valence-electron chi connectivity index (χ3n) is 4.56. The number of nitrogens with two attached hydrogens (primary N) is 1. The zero-order chi connectivity index (χ0) is 18.1. The second kappa shape index (κ2) is 6.59. The number of aryl methyl sites for hydroxylation is 4. The van der Waals surface area contributed by atoms with E-state index in [0.29, 0.717) is 5.82 Å². The highest BCUT2D eigenvalue weighted by molar-refractivity contribution is 5.90. The molecule has 26 heavy (non-hydrogen) atoms. The molecule has 0 aliphatic carbocycles. The number of nitrogens with zero attached hydrogens (tertiary/aromatic N) is 3. The van der Waals surface area contributed by atoms with Gasteiger partial charge < -0.3 is 10.7 Å². The SMILES string of the molecule is Cc1cc(N)nc(CCc2cc(C)ccc2-c2ccnc3[nH]cnc23)c1. The Kier molecular flexibility index (Phi) is 4.13. The van der Waals surface area contributed by atoms with Crippen LogP contribution in [-0.4, -0.2) is 19.9 Å². The number of hydrogen-bond acceptors (Lipinski definition) is 4. The van der Waals surface area contributed by atoms with E-state index >= 15 is 0 Å². The standard InChI is InChI=1S/C21H21N5/c1-13-3-6-17(18-7-8-23-21-20(18)24-12-25-21)15(9-13)4-5-16-10-14(2)11-19(22)26-16/h3,6-12H,4-5H2,1-2H3,(H2,22,26)(H,23,24,25). The van der Waals surface area contributed by atoms with E-state index in [-0.39, 0.29) is 0 Å². The van der Waals surface area contributed by atoms with Crippen molar-refractivity contribution in [2.24, 2.45) is 0 Å². The van der Waals surface area contributed by atoms with Crippen LogP contribution in [0, 0.1) is 13.8 Å². The van der Waals surface area contributed by atoms with E-state index in [9.17, 15) is 0 Å². The van der Waals surface area contributed by atoms with E-state index in [4.69, 9.17) is 5.73 Å². The Balaban J connectivity index is 1.72. The van der Waals surface area contributed by atoms with Crippen LogP contribution < -0.4 is 5.73 Å². The minimum Gasteiger partial charge on any atom is -0.384 e. The van der Waals surface area contributed by atoms with E-state index in [0.717, 1.165) is 40.8 Å². The number of benzene rings is 1. The summed E-state index contributed by atoms with van der Waals surface area (Å²) < 4.78 is 0. The van der Waals surface area contributed by atoms with Crippen molar-refractivity contribution in [2.45, 2.75) is 26.7 Å². The number of anilines is 1. The van der Waals surface area contributed by atoms with E-state index in [1.807, 2.05) is 25.3 Å². The van der Waals surface area contributed by atoms with Gasteiger partial charge in [-0.15, -0.1) is 0 Å². The highest BCUT2D eigenvalue weighted by Gasteiger charge is 2.12. The quantitative estimate of drug-likeness (QED) is 0.587. The summed E-state index contributed by atoms with van der Waals surface area (Å²) >= 11 is 0. The Hall–Kier alpha value is -3.21. The Bertz CT molecular complexity index is 1060. The molecule has 0 radical (unpaired) electrons. The summed E-state index contributed by atoms with van der Waals surface area (Å²) in [6.07, 6.45) is 5.25. The van der Waals surface area contributed by atoms with Crippen molar-refractivity contribution >= 4 is 17.0 Å². The molecule has 1 aromatic carbocycles. The highest BCUT2D eigenvalue weighted by atomic mass is 14.9. The number of fused-ring (bicyclic) bond motifs is 1. The number of H-pyrrole nitrogens is 1. The molecule has 0 aliphatic heterocycles. The van der Waals surface area contributed by atoms with Gasteiger partial charge in [-0.1, -0.05) is 23.8 Å². The van der Waals surface area contributed by atoms with E-state index < -0.39 is 0 Å². The summed E-state index contributed by atoms with van der Waals surface area (Å²) in [7, 11) is 0. The van der Waals surface area contributed by atoms with Crippen molar-refractivity contribution in [3.63, 3.8) is 0 Å². The van der Waals surface area contributed by atoms with Crippen molar-refractivity contribution in [1.82, 2.24) is 19.9 Å². The molecule has 0 saturated carbocycles. The average Bonchev–Trinajstić information content (AvgIpc) is 3.08. The molecule has 130 valence electrons. The molecule has 5 nitrogen and oxygen atoms in total. The van der Waals surface area contributed by atoms with Crippen LogP contribution in [0.5, 0.6) is 0 Å². The van der Waals surface area contributed by atoms with Gasteiger partial charge in [0.15, 0.2) is 5.65 Å². The van der Waals surface area contributed by atoms with Crippen LogP contribution in [0.25, 0.3) is 22.3 Å². The fourth-order valence-electron chi connectivity index (χ4n) is 3.42. The Morgan fingerprint density at radius 1 is 0.923 bits per heavy atom.